The number of hydrogen-bond acceptors (Lipinski definition) is 8. The van der Waals surface area contributed by atoms with Gasteiger partial charge in [-0.1, -0.05) is 0 Å². The van der Waals surface area contributed by atoms with E-state index in [0.717, 1.165) is 5.76 Å². The maximum Gasteiger partial charge on any atom is 0.268 e. The van der Waals surface area contributed by atoms with E-state index in [-0.39, 0.29) is 12.3 Å². The molecule has 0 radical (unpaired) electrons. The van der Waals surface area contributed by atoms with E-state index in [1.807, 2.05) is 11.0 Å². The van der Waals surface area contributed by atoms with Gasteiger partial charge in [0, 0.05) is 26.2 Å². The molecular weight excluding hydrogens is 326 g/mol. The number of hydrogen-bond donors (Lipinski definition) is 3. The van der Waals surface area contributed by atoms with Gasteiger partial charge in [0.05, 0.1) is 25.0 Å². The first kappa shape index (κ1) is 17.3. The minimum absolute atomic E-state index is 0.0974. The molecular formula is C16H21N5O4. The predicted octanol–water partition coefficient (Wildman–Crippen LogP) is -0.656. The average Bonchev–Trinajstić information content (AvgIpc) is 2.97. The van der Waals surface area contributed by atoms with E-state index in [2.05, 4.69) is 14.9 Å². The molecule has 9 nitrogen and oxygen atoms in total. The number of nitrogens with zero attached hydrogens (tertiary/aromatic N) is 4. The second kappa shape index (κ2) is 7.60. The minimum atomic E-state index is -0.635. The molecule has 0 saturated carbocycles. The van der Waals surface area contributed by atoms with Crippen molar-refractivity contribution >= 4 is 11.7 Å². The highest BCUT2D eigenvalue weighted by Crippen LogP contribution is 2.16. The number of primary amides is 1. The number of aliphatic hydroxyl groups is 2. The Morgan fingerprint density at radius 3 is 2.80 bits per heavy atom. The van der Waals surface area contributed by atoms with Gasteiger partial charge in [0.25, 0.3) is 5.91 Å². The first-order valence-electron chi connectivity index (χ1n) is 8.01. The van der Waals surface area contributed by atoms with E-state index >= 15 is 0 Å². The van der Waals surface area contributed by atoms with Crippen LogP contribution in [0.4, 0.5) is 5.82 Å². The Hall–Kier alpha value is -2.49. The van der Waals surface area contributed by atoms with E-state index in [4.69, 9.17) is 15.3 Å². The first-order valence-corrected chi connectivity index (χ1v) is 8.01. The number of anilines is 1. The summed E-state index contributed by atoms with van der Waals surface area (Å²) in [5.41, 5.74) is 5.34. The molecule has 1 atom stereocenters. The second-order valence-corrected chi connectivity index (χ2v) is 5.99. The average molecular weight is 347 g/mol. The molecule has 1 saturated heterocycles. The first-order chi connectivity index (χ1) is 12.0. The molecule has 3 rings (SSSR count). The van der Waals surface area contributed by atoms with Gasteiger partial charge in [-0.05, 0) is 12.1 Å². The summed E-state index contributed by atoms with van der Waals surface area (Å²) < 4.78 is 5.50. The largest absolute Gasteiger partial charge is 0.462 e. The lowest BCUT2D eigenvalue weighted by Crippen LogP contribution is -2.34. The van der Waals surface area contributed by atoms with Crippen molar-refractivity contribution in [1.82, 2.24) is 14.9 Å². The monoisotopic (exact) mass is 347 g/mol. The van der Waals surface area contributed by atoms with Crippen LogP contribution in [0.5, 0.6) is 0 Å². The summed E-state index contributed by atoms with van der Waals surface area (Å²) in [5, 5.41) is 19.4. The summed E-state index contributed by atoms with van der Waals surface area (Å²) in [4.78, 5) is 23.4. The van der Waals surface area contributed by atoms with Crippen LogP contribution in [0.2, 0.25) is 0 Å². The van der Waals surface area contributed by atoms with Crippen molar-refractivity contribution in [3.05, 3.63) is 41.7 Å². The zero-order valence-electron chi connectivity index (χ0n) is 13.7. The van der Waals surface area contributed by atoms with Gasteiger partial charge in [-0.2, -0.15) is 0 Å². The van der Waals surface area contributed by atoms with Gasteiger partial charge in [0.15, 0.2) is 0 Å². The van der Waals surface area contributed by atoms with E-state index in [1.165, 1.54) is 6.20 Å². The Morgan fingerprint density at radius 2 is 2.08 bits per heavy atom. The van der Waals surface area contributed by atoms with Crippen LogP contribution in [0.1, 0.15) is 22.0 Å². The van der Waals surface area contributed by atoms with Gasteiger partial charge in [0.2, 0.25) is 0 Å². The van der Waals surface area contributed by atoms with Crippen LogP contribution in [-0.2, 0) is 13.2 Å². The molecule has 0 spiro atoms. The molecule has 4 N–H and O–H groups in total. The number of furan rings is 1. The normalized spacial score (nSPS) is 19.0. The summed E-state index contributed by atoms with van der Waals surface area (Å²) in [7, 11) is 0. The number of amides is 1. The topological polar surface area (TPSA) is 129 Å². The lowest BCUT2D eigenvalue weighted by molar-refractivity contribution is 0.0995. The number of carbonyl (C=O) groups excluding carboxylic acids is 1. The third-order valence-electron chi connectivity index (χ3n) is 4.04. The molecule has 2 aromatic heterocycles. The second-order valence-electron chi connectivity index (χ2n) is 5.99. The smallest absolute Gasteiger partial charge is 0.268 e. The fourth-order valence-electron chi connectivity index (χ4n) is 2.85. The molecule has 0 aliphatic carbocycles. The molecule has 1 amide bonds. The highest BCUT2D eigenvalue weighted by molar-refractivity contribution is 5.90. The van der Waals surface area contributed by atoms with Crippen LogP contribution in [-0.4, -0.2) is 63.3 Å². The van der Waals surface area contributed by atoms with Gasteiger partial charge in [-0.25, -0.2) is 4.98 Å². The van der Waals surface area contributed by atoms with Gasteiger partial charge in [-0.3, -0.25) is 14.7 Å². The van der Waals surface area contributed by atoms with Gasteiger partial charge in [-0.15, -0.1) is 0 Å². The van der Waals surface area contributed by atoms with Gasteiger partial charge < -0.3 is 25.3 Å². The van der Waals surface area contributed by atoms with Gasteiger partial charge in [0.1, 0.15) is 29.6 Å². The van der Waals surface area contributed by atoms with E-state index in [0.29, 0.717) is 44.3 Å². The zero-order valence-corrected chi connectivity index (χ0v) is 13.7. The third kappa shape index (κ3) is 4.32. The van der Waals surface area contributed by atoms with E-state index < -0.39 is 12.0 Å². The molecule has 2 aromatic rings. The van der Waals surface area contributed by atoms with Crippen molar-refractivity contribution in [2.24, 2.45) is 5.73 Å². The van der Waals surface area contributed by atoms with E-state index in [1.54, 1.807) is 12.3 Å². The van der Waals surface area contributed by atoms with Crippen LogP contribution < -0.4 is 10.6 Å². The minimum Gasteiger partial charge on any atom is -0.462 e. The Morgan fingerprint density at radius 1 is 1.28 bits per heavy atom. The van der Waals surface area contributed by atoms with Crippen molar-refractivity contribution in [2.45, 2.75) is 19.3 Å². The summed E-state index contributed by atoms with van der Waals surface area (Å²) >= 11 is 0. The van der Waals surface area contributed by atoms with Crippen LogP contribution >= 0.6 is 0 Å². The summed E-state index contributed by atoms with van der Waals surface area (Å²) in [6, 6.07) is 3.56. The number of carbonyl (C=O) groups is 1. The Kier molecular flexibility index (Phi) is 5.27. The number of rotatable bonds is 5. The molecule has 1 fully saturated rings. The predicted molar refractivity (Wildman–Crippen MR) is 88.7 cm³/mol. The summed E-state index contributed by atoms with van der Waals surface area (Å²) in [6.45, 7) is 2.56. The standard InChI is InChI=1S/C16H21N5O4/c17-16(24)14-5-18-6-15(19-14)21-4-3-20(7-11(23)8-21)9-12-1-2-13(10-22)25-12/h1-2,5-6,11,22-23H,3-4,7-10H2,(H2,17,24)/t11-/m0/s1. The number of aromatic nitrogens is 2. The maximum absolute atomic E-state index is 11.3. The van der Waals surface area contributed by atoms with Gasteiger partial charge >= 0.3 is 0 Å². The van der Waals surface area contributed by atoms with Crippen molar-refractivity contribution in [2.75, 3.05) is 31.1 Å². The van der Waals surface area contributed by atoms with Crippen molar-refractivity contribution in [3.63, 3.8) is 0 Å². The fraction of sp³-hybridized carbons (Fsp3) is 0.438. The Labute approximate surface area is 144 Å². The van der Waals surface area contributed by atoms with Crippen molar-refractivity contribution < 1.29 is 19.4 Å². The van der Waals surface area contributed by atoms with E-state index in [9.17, 15) is 9.90 Å². The zero-order chi connectivity index (χ0) is 17.8. The molecule has 134 valence electrons. The molecule has 3 heterocycles. The number of nitrogens with two attached hydrogens (primary N) is 1. The third-order valence-corrected chi connectivity index (χ3v) is 4.04. The Balaban J connectivity index is 1.68. The quantitative estimate of drug-likeness (QED) is 0.650. The Bertz CT molecular complexity index is 735. The van der Waals surface area contributed by atoms with Crippen LogP contribution in [0.3, 0.4) is 0 Å². The molecule has 0 aromatic carbocycles. The maximum atomic E-state index is 11.3. The SMILES string of the molecule is NC(=O)c1cncc(N2CCN(Cc3ccc(CO)o3)C[C@H](O)C2)n1. The van der Waals surface area contributed by atoms with Crippen LogP contribution in [0, 0.1) is 0 Å². The summed E-state index contributed by atoms with van der Waals surface area (Å²) in [5.74, 6) is 1.13. The van der Waals surface area contributed by atoms with Crippen LogP contribution in [0.15, 0.2) is 28.9 Å². The molecule has 0 bridgehead atoms. The lowest BCUT2D eigenvalue weighted by Gasteiger charge is -2.22. The summed E-state index contributed by atoms with van der Waals surface area (Å²) in [6.07, 6.45) is 2.28. The molecule has 1 aliphatic rings. The lowest BCUT2D eigenvalue weighted by atomic mass is 10.3. The highest BCUT2D eigenvalue weighted by Gasteiger charge is 2.23. The highest BCUT2D eigenvalue weighted by atomic mass is 16.4. The van der Waals surface area contributed by atoms with Crippen molar-refractivity contribution in [1.29, 1.82) is 0 Å². The number of β-amino-alcohol motifs (C(OH)–C–C–N with tert-alkyl or cyclic N) is 1. The van der Waals surface area contributed by atoms with Crippen LogP contribution in [0.25, 0.3) is 0 Å². The number of aliphatic hydroxyl groups excluding tert-OH is 2. The molecule has 9 heteroatoms. The van der Waals surface area contributed by atoms with Crippen molar-refractivity contribution in [3.8, 4) is 0 Å². The molecule has 0 unspecified atom stereocenters. The fourth-order valence-corrected chi connectivity index (χ4v) is 2.85. The molecule has 25 heavy (non-hydrogen) atoms. The molecule has 1 aliphatic heterocycles.